The van der Waals surface area contributed by atoms with E-state index in [4.69, 9.17) is 25.1 Å². The highest BCUT2D eigenvalue weighted by Crippen LogP contribution is 2.44. The second kappa shape index (κ2) is 4.58. The van der Waals surface area contributed by atoms with Gasteiger partial charge in [0.05, 0.1) is 13.2 Å². The standard InChI is InChI=1S/C11H13F2NO4/c1-16-7-2-6(10(14)11(12,13)4-15)3-8-9(7)18-5-17-8/h2-3,10,15H,4-5,14H2,1H3/t10-/m0/s1. The van der Waals surface area contributed by atoms with Gasteiger partial charge in [0.2, 0.25) is 12.5 Å². The number of nitrogens with two attached hydrogens (primary N) is 1. The van der Waals surface area contributed by atoms with Crippen LogP contribution in [0.4, 0.5) is 8.78 Å². The van der Waals surface area contributed by atoms with Gasteiger partial charge in [0, 0.05) is 0 Å². The van der Waals surface area contributed by atoms with Gasteiger partial charge in [0.25, 0.3) is 5.92 Å². The molecule has 5 nitrogen and oxygen atoms in total. The second-order valence-corrected chi connectivity index (χ2v) is 3.85. The Kier molecular flexibility index (Phi) is 3.27. The maximum absolute atomic E-state index is 13.3. The fraction of sp³-hybridized carbons (Fsp3) is 0.455. The average Bonchev–Trinajstić information content (AvgIpc) is 2.84. The number of aliphatic hydroxyl groups is 1. The van der Waals surface area contributed by atoms with Gasteiger partial charge in [-0.2, -0.15) is 0 Å². The molecule has 0 saturated heterocycles. The van der Waals surface area contributed by atoms with E-state index in [9.17, 15) is 8.78 Å². The Morgan fingerprint density at radius 3 is 2.83 bits per heavy atom. The third-order valence-corrected chi connectivity index (χ3v) is 2.71. The molecule has 0 radical (unpaired) electrons. The molecule has 0 bridgehead atoms. The molecule has 0 fully saturated rings. The first-order valence-corrected chi connectivity index (χ1v) is 5.21. The summed E-state index contributed by atoms with van der Waals surface area (Å²) in [6, 6.07) is 1.06. The lowest BCUT2D eigenvalue weighted by Gasteiger charge is -2.22. The van der Waals surface area contributed by atoms with Gasteiger partial charge in [-0.3, -0.25) is 0 Å². The third kappa shape index (κ3) is 2.06. The monoisotopic (exact) mass is 261 g/mol. The van der Waals surface area contributed by atoms with E-state index in [0.717, 1.165) is 0 Å². The molecule has 1 aliphatic heterocycles. The van der Waals surface area contributed by atoms with Gasteiger partial charge in [-0.1, -0.05) is 0 Å². The summed E-state index contributed by atoms with van der Waals surface area (Å²) in [7, 11) is 1.39. The van der Waals surface area contributed by atoms with Crippen molar-refractivity contribution in [1.29, 1.82) is 0 Å². The second-order valence-electron chi connectivity index (χ2n) is 3.85. The molecule has 18 heavy (non-hydrogen) atoms. The molecule has 1 atom stereocenters. The predicted molar refractivity (Wildman–Crippen MR) is 58.1 cm³/mol. The number of aliphatic hydroxyl groups excluding tert-OH is 1. The Morgan fingerprint density at radius 2 is 2.22 bits per heavy atom. The van der Waals surface area contributed by atoms with Crippen LogP contribution < -0.4 is 19.9 Å². The van der Waals surface area contributed by atoms with Gasteiger partial charge in [-0.15, -0.1) is 0 Å². The molecule has 1 heterocycles. The Labute approximate surface area is 102 Å². The van der Waals surface area contributed by atoms with Gasteiger partial charge in [0.1, 0.15) is 6.61 Å². The summed E-state index contributed by atoms with van der Waals surface area (Å²) in [5.74, 6) is -2.49. The van der Waals surface area contributed by atoms with Crippen LogP contribution in [0.3, 0.4) is 0 Å². The number of alkyl halides is 2. The summed E-state index contributed by atoms with van der Waals surface area (Å²) in [5.41, 5.74) is 5.55. The van der Waals surface area contributed by atoms with Crippen molar-refractivity contribution < 1.29 is 28.1 Å². The van der Waals surface area contributed by atoms with Crippen LogP contribution in [0.2, 0.25) is 0 Å². The average molecular weight is 261 g/mol. The Hall–Kier alpha value is -1.60. The smallest absolute Gasteiger partial charge is 0.289 e. The topological polar surface area (TPSA) is 73.9 Å². The molecule has 3 N–H and O–H groups in total. The maximum Gasteiger partial charge on any atom is 0.289 e. The first kappa shape index (κ1) is 12.8. The molecule has 1 aromatic rings. The summed E-state index contributed by atoms with van der Waals surface area (Å²) >= 11 is 0. The molecule has 0 spiro atoms. The van der Waals surface area contributed by atoms with Crippen molar-refractivity contribution in [3.05, 3.63) is 17.7 Å². The highest BCUT2D eigenvalue weighted by Gasteiger charge is 2.38. The summed E-state index contributed by atoms with van der Waals surface area (Å²) in [5, 5.41) is 8.63. The van der Waals surface area contributed by atoms with Crippen molar-refractivity contribution in [3.8, 4) is 17.2 Å². The van der Waals surface area contributed by atoms with E-state index in [0.29, 0.717) is 11.5 Å². The van der Waals surface area contributed by atoms with E-state index >= 15 is 0 Å². The molecule has 0 saturated carbocycles. The number of rotatable bonds is 4. The van der Waals surface area contributed by atoms with Gasteiger partial charge in [-0.05, 0) is 17.7 Å². The Balaban J connectivity index is 2.41. The molecule has 100 valence electrons. The zero-order chi connectivity index (χ0) is 13.3. The number of halogens is 2. The zero-order valence-corrected chi connectivity index (χ0v) is 9.65. The van der Waals surface area contributed by atoms with Gasteiger partial charge < -0.3 is 25.1 Å². The highest BCUT2D eigenvalue weighted by molar-refractivity contribution is 5.55. The molecule has 0 aliphatic carbocycles. The van der Waals surface area contributed by atoms with E-state index in [1.54, 1.807) is 0 Å². The van der Waals surface area contributed by atoms with Crippen molar-refractivity contribution in [2.75, 3.05) is 20.5 Å². The first-order chi connectivity index (χ1) is 8.49. The molecule has 2 rings (SSSR count). The van der Waals surface area contributed by atoms with Crippen molar-refractivity contribution in [2.45, 2.75) is 12.0 Å². The zero-order valence-electron chi connectivity index (χ0n) is 9.65. The van der Waals surface area contributed by atoms with E-state index < -0.39 is 18.6 Å². The quantitative estimate of drug-likeness (QED) is 0.847. The minimum Gasteiger partial charge on any atom is -0.493 e. The number of hydrogen-bond donors (Lipinski definition) is 2. The van der Waals surface area contributed by atoms with Crippen LogP contribution in [0.1, 0.15) is 11.6 Å². The molecular formula is C11H13F2NO4. The lowest BCUT2D eigenvalue weighted by molar-refractivity contribution is -0.0712. The predicted octanol–water partition coefficient (Wildman–Crippen LogP) is 1.05. The van der Waals surface area contributed by atoms with Crippen molar-refractivity contribution >= 4 is 0 Å². The number of benzene rings is 1. The van der Waals surface area contributed by atoms with Crippen LogP contribution in [0.15, 0.2) is 12.1 Å². The van der Waals surface area contributed by atoms with Crippen LogP contribution in [0, 0.1) is 0 Å². The molecule has 0 amide bonds. The maximum atomic E-state index is 13.3. The van der Waals surface area contributed by atoms with Crippen LogP contribution in [0.5, 0.6) is 17.2 Å². The van der Waals surface area contributed by atoms with Crippen LogP contribution >= 0.6 is 0 Å². The molecule has 0 aromatic heterocycles. The van der Waals surface area contributed by atoms with Crippen LogP contribution in [-0.4, -0.2) is 31.5 Å². The normalized spacial score (nSPS) is 15.6. The SMILES string of the molecule is COc1cc([C@H](N)C(F)(F)CO)cc2c1OCO2. The summed E-state index contributed by atoms with van der Waals surface area (Å²) in [6.07, 6.45) is 0. The summed E-state index contributed by atoms with van der Waals surface area (Å²) in [6.45, 7) is -1.33. The number of ether oxygens (including phenoxy) is 3. The fourth-order valence-corrected chi connectivity index (χ4v) is 1.67. The number of methoxy groups -OCH3 is 1. The summed E-state index contributed by atoms with van der Waals surface area (Å²) in [4.78, 5) is 0. The van der Waals surface area contributed by atoms with E-state index in [2.05, 4.69) is 0 Å². The van der Waals surface area contributed by atoms with Crippen molar-refractivity contribution in [3.63, 3.8) is 0 Å². The fourth-order valence-electron chi connectivity index (χ4n) is 1.67. The molecule has 1 aromatic carbocycles. The van der Waals surface area contributed by atoms with Crippen LogP contribution in [0.25, 0.3) is 0 Å². The first-order valence-electron chi connectivity index (χ1n) is 5.21. The molecule has 1 aliphatic rings. The number of fused-ring (bicyclic) bond motifs is 1. The van der Waals surface area contributed by atoms with E-state index in [1.165, 1.54) is 19.2 Å². The minimum absolute atomic E-state index is 0.000771. The Morgan fingerprint density at radius 1 is 1.50 bits per heavy atom. The van der Waals surface area contributed by atoms with E-state index in [1.807, 2.05) is 0 Å². The van der Waals surface area contributed by atoms with Crippen molar-refractivity contribution in [2.24, 2.45) is 5.73 Å². The van der Waals surface area contributed by atoms with Gasteiger partial charge in [0.15, 0.2) is 11.5 Å². The largest absolute Gasteiger partial charge is 0.493 e. The number of hydrogen-bond acceptors (Lipinski definition) is 5. The lowest BCUT2D eigenvalue weighted by atomic mass is 10.0. The highest BCUT2D eigenvalue weighted by atomic mass is 19.3. The van der Waals surface area contributed by atoms with Crippen molar-refractivity contribution in [1.82, 2.24) is 0 Å². The summed E-state index contributed by atoms with van der Waals surface area (Å²) < 4.78 is 41.9. The third-order valence-electron chi connectivity index (χ3n) is 2.71. The Bertz CT molecular complexity index is 453. The molecular weight excluding hydrogens is 248 g/mol. The molecule has 0 unspecified atom stereocenters. The van der Waals surface area contributed by atoms with Gasteiger partial charge in [-0.25, -0.2) is 8.78 Å². The minimum atomic E-state index is -3.42. The van der Waals surface area contributed by atoms with E-state index in [-0.39, 0.29) is 18.1 Å². The lowest BCUT2D eigenvalue weighted by Crippen LogP contribution is -2.36. The van der Waals surface area contributed by atoms with Crippen LogP contribution in [-0.2, 0) is 0 Å². The molecule has 7 heteroatoms. The van der Waals surface area contributed by atoms with Gasteiger partial charge >= 0.3 is 0 Å².